The standard InChI is InChI=1S/C21H23N5O4/c27-18-4-3-17(19(28)23-18)26-20(29)15-2-1-12(6-16(15)21(26)30)24-9-14(10-24)25-8-11-5-13(25)7-22-11/h1-2,6,11,13-14,17,22H,3-5,7-10H2,(H,23,27,28)/t11?,13-,17?/m0/s1. The summed E-state index contributed by atoms with van der Waals surface area (Å²) in [5.74, 6) is -1.87. The molecule has 4 amide bonds. The molecule has 1 aromatic rings. The van der Waals surface area contributed by atoms with Gasteiger partial charge in [-0.25, -0.2) is 0 Å². The van der Waals surface area contributed by atoms with Gasteiger partial charge in [0, 0.05) is 56.4 Å². The van der Waals surface area contributed by atoms with Gasteiger partial charge in [-0.1, -0.05) is 0 Å². The highest BCUT2D eigenvalue weighted by molar-refractivity contribution is 6.23. The van der Waals surface area contributed by atoms with Gasteiger partial charge in [-0.3, -0.25) is 34.3 Å². The van der Waals surface area contributed by atoms with Gasteiger partial charge in [0.1, 0.15) is 6.04 Å². The molecule has 0 aromatic heterocycles. The van der Waals surface area contributed by atoms with Crippen LogP contribution >= 0.6 is 0 Å². The third kappa shape index (κ3) is 2.55. The zero-order valence-electron chi connectivity index (χ0n) is 16.5. The molecule has 5 aliphatic rings. The summed E-state index contributed by atoms with van der Waals surface area (Å²) in [6, 6.07) is 6.22. The Hall–Kier alpha value is -2.78. The molecule has 4 saturated heterocycles. The minimum absolute atomic E-state index is 0.123. The predicted octanol–water partition coefficient (Wildman–Crippen LogP) is -0.677. The maximum Gasteiger partial charge on any atom is 0.262 e. The molecule has 0 saturated carbocycles. The fraction of sp³-hybridized carbons (Fsp3) is 0.524. The topological polar surface area (TPSA) is 102 Å². The highest BCUT2D eigenvalue weighted by Gasteiger charge is 2.46. The summed E-state index contributed by atoms with van der Waals surface area (Å²) in [4.78, 5) is 55.2. The molecule has 156 valence electrons. The van der Waals surface area contributed by atoms with Crippen LogP contribution in [-0.4, -0.2) is 83.8 Å². The molecule has 3 atom stereocenters. The number of imide groups is 2. The van der Waals surface area contributed by atoms with Crippen LogP contribution in [0.2, 0.25) is 0 Å². The zero-order chi connectivity index (χ0) is 20.6. The Morgan fingerprint density at radius 2 is 1.73 bits per heavy atom. The first-order chi connectivity index (χ1) is 14.5. The average Bonchev–Trinajstić information content (AvgIpc) is 3.37. The minimum Gasteiger partial charge on any atom is -0.368 e. The number of piperazine rings is 1. The first-order valence-corrected chi connectivity index (χ1v) is 10.6. The van der Waals surface area contributed by atoms with Crippen molar-refractivity contribution in [2.45, 2.75) is 43.4 Å². The van der Waals surface area contributed by atoms with Crippen molar-refractivity contribution in [3.63, 3.8) is 0 Å². The van der Waals surface area contributed by atoms with Gasteiger partial charge in [0.2, 0.25) is 11.8 Å². The average molecular weight is 409 g/mol. The summed E-state index contributed by atoms with van der Waals surface area (Å²) in [6.07, 6.45) is 1.53. The second kappa shape index (κ2) is 6.36. The zero-order valence-corrected chi connectivity index (χ0v) is 16.5. The van der Waals surface area contributed by atoms with Crippen LogP contribution in [0.25, 0.3) is 0 Å². The summed E-state index contributed by atoms with van der Waals surface area (Å²) in [5, 5.41) is 5.75. The summed E-state index contributed by atoms with van der Waals surface area (Å²) >= 11 is 0. The number of benzene rings is 1. The van der Waals surface area contributed by atoms with E-state index in [2.05, 4.69) is 20.4 Å². The molecule has 0 spiro atoms. The van der Waals surface area contributed by atoms with E-state index < -0.39 is 23.8 Å². The molecular formula is C21H23N5O4. The molecule has 9 nitrogen and oxygen atoms in total. The van der Waals surface area contributed by atoms with E-state index in [1.165, 1.54) is 6.42 Å². The highest BCUT2D eigenvalue weighted by atomic mass is 16.2. The molecular weight excluding hydrogens is 386 g/mol. The largest absolute Gasteiger partial charge is 0.368 e. The van der Waals surface area contributed by atoms with Crippen LogP contribution in [0, 0.1) is 0 Å². The maximum absolute atomic E-state index is 13.0. The molecule has 9 heteroatoms. The Kier molecular flexibility index (Phi) is 3.82. The second-order valence-electron chi connectivity index (χ2n) is 8.93. The van der Waals surface area contributed by atoms with Crippen LogP contribution in [0.5, 0.6) is 0 Å². The van der Waals surface area contributed by atoms with Crippen molar-refractivity contribution in [1.82, 2.24) is 20.4 Å². The Morgan fingerprint density at radius 3 is 2.43 bits per heavy atom. The summed E-state index contributed by atoms with van der Waals surface area (Å²) in [5.41, 5.74) is 1.60. The number of amides is 4. The first-order valence-electron chi connectivity index (χ1n) is 10.6. The van der Waals surface area contributed by atoms with Gasteiger partial charge in [0.25, 0.3) is 11.8 Å². The molecule has 2 bridgehead atoms. The number of piperidine rings is 1. The van der Waals surface area contributed by atoms with E-state index in [1.54, 1.807) is 12.1 Å². The molecule has 2 unspecified atom stereocenters. The minimum atomic E-state index is -0.925. The molecule has 0 aliphatic carbocycles. The molecule has 2 N–H and O–H groups in total. The van der Waals surface area contributed by atoms with E-state index in [-0.39, 0.29) is 18.7 Å². The molecule has 5 aliphatic heterocycles. The van der Waals surface area contributed by atoms with Crippen LogP contribution in [0.15, 0.2) is 18.2 Å². The van der Waals surface area contributed by atoms with Gasteiger partial charge in [-0.2, -0.15) is 0 Å². The van der Waals surface area contributed by atoms with Crippen molar-refractivity contribution >= 4 is 29.3 Å². The maximum atomic E-state index is 13.0. The van der Waals surface area contributed by atoms with Crippen LogP contribution in [0.1, 0.15) is 40.0 Å². The van der Waals surface area contributed by atoms with Crippen molar-refractivity contribution in [3.05, 3.63) is 29.3 Å². The number of carbonyl (C=O) groups excluding carboxylic acids is 4. The lowest BCUT2D eigenvalue weighted by Crippen LogP contribution is -2.63. The van der Waals surface area contributed by atoms with Gasteiger partial charge in [-0.15, -0.1) is 0 Å². The predicted molar refractivity (Wildman–Crippen MR) is 106 cm³/mol. The van der Waals surface area contributed by atoms with Crippen LogP contribution < -0.4 is 15.5 Å². The number of rotatable bonds is 3. The number of hydrogen-bond acceptors (Lipinski definition) is 7. The molecule has 6 rings (SSSR count). The third-order valence-corrected chi connectivity index (χ3v) is 7.22. The Morgan fingerprint density at radius 1 is 0.933 bits per heavy atom. The van der Waals surface area contributed by atoms with Crippen molar-refractivity contribution < 1.29 is 19.2 Å². The smallest absolute Gasteiger partial charge is 0.262 e. The molecule has 30 heavy (non-hydrogen) atoms. The molecule has 0 radical (unpaired) electrons. The number of nitrogens with zero attached hydrogens (tertiary/aromatic N) is 3. The molecule has 1 aromatic carbocycles. The number of carbonyl (C=O) groups is 4. The van der Waals surface area contributed by atoms with Crippen molar-refractivity contribution in [2.75, 3.05) is 31.1 Å². The fourth-order valence-electron chi connectivity index (χ4n) is 5.57. The first kappa shape index (κ1) is 18.0. The SMILES string of the molecule is O=C1CCC(N2C(=O)c3ccc(N4CC(N5CC6C[C@H]5CN6)C4)cc3C2=O)C(=O)N1. The quantitative estimate of drug-likeness (QED) is 0.638. The van der Waals surface area contributed by atoms with Crippen molar-refractivity contribution in [3.8, 4) is 0 Å². The summed E-state index contributed by atoms with van der Waals surface area (Å²) < 4.78 is 0. The summed E-state index contributed by atoms with van der Waals surface area (Å²) in [7, 11) is 0. The lowest BCUT2D eigenvalue weighted by atomic mass is 10.0. The molecule has 4 fully saturated rings. The van der Waals surface area contributed by atoms with E-state index in [0.29, 0.717) is 29.3 Å². The van der Waals surface area contributed by atoms with Crippen LogP contribution in [0.3, 0.4) is 0 Å². The molecule has 5 heterocycles. The van der Waals surface area contributed by atoms with Crippen molar-refractivity contribution in [2.24, 2.45) is 0 Å². The third-order valence-electron chi connectivity index (χ3n) is 7.22. The normalized spacial score (nSPS) is 31.4. The Labute approximate surface area is 173 Å². The van der Waals surface area contributed by atoms with Gasteiger partial charge in [0.15, 0.2) is 0 Å². The number of hydrogen-bond donors (Lipinski definition) is 2. The van der Waals surface area contributed by atoms with Gasteiger partial charge in [-0.05, 0) is 31.0 Å². The van der Waals surface area contributed by atoms with Gasteiger partial charge in [0.05, 0.1) is 11.1 Å². The highest BCUT2D eigenvalue weighted by Crippen LogP contribution is 2.34. The second-order valence-corrected chi connectivity index (χ2v) is 8.93. The van der Waals surface area contributed by atoms with E-state index in [0.717, 1.165) is 36.8 Å². The van der Waals surface area contributed by atoms with Crippen molar-refractivity contribution in [1.29, 1.82) is 0 Å². The number of likely N-dealkylation sites (tertiary alicyclic amines) is 1. The fourth-order valence-corrected chi connectivity index (χ4v) is 5.57. The van der Waals surface area contributed by atoms with E-state index in [9.17, 15) is 19.2 Å². The number of nitrogens with one attached hydrogen (secondary N) is 2. The number of anilines is 1. The lowest BCUT2D eigenvalue weighted by molar-refractivity contribution is -0.136. The summed E-state index contributed by atoms with van der Waals surface area (Å²) in [6.45, 7) is 4.02. The Bertz CT molecular complexity index is 988. The van der Waals surface area contributed by atoms with E-state index >= 15 is 0 Å². The monoisotopic (exact) mass is 409 g/mol. The van der Waals surface area contributed by atoms with E-state index in [4.69, 9.17) is 0 Å². The Balaban J connectivity index is 1.18. The van der Waals surface area contributed by atoms with Crippen LogP contribution in [-0.2, 0) is 9.59 Å². The number of fused-ring (bicyclic) bond motifs is 3. The van der Waals surface area contributed by atoms with E-state index in [1.807, 2.05) is 6.07 Å². The van der Waals surface area contributed by atoms with Crippen LogP contribution in [0.4, 0.5) is 5.69 Å². The van der Waals surface area contributed by atoms with Gasteiger partial charge < -0.3 is 10.2 Å². The van der Waals surface area contributed by atoms with Gasteiger partial charge >= 0.3 is 0 Å². The lowest BCUT2D eigenvalue weighted by Gasteiger charge is -2.48.